The second-order valence-corrected chi connectivity index (χ2v) is 6.24. The molecule has 0 aromatic heterocycles. The lowest BCUT2D eigenvalue weighted by molar-refractivity contribution is 0.688. The van der Waals surface area contributed by atoms with Crippen LogP contribution in [0.5, 0.6) is 0 Å². The van der Waals surface area contributed by atoms with Gasteiger partial charge in [-0.2, -0.15) is 0 Å². The number of aryl methyl sites for hydroxylation is 1. The van der Waals surface area contributed by atoms with Gasteiger partial charge in [-0.05, 0) is 48.6 Å². The first-order valence-electron chi connectivity index (χ1n) is 6.81. The van der Waals surface area contributed by atoms with E-state index in [2.05, 4.69) is 70.6 Å². The topological polar surface area (TPSA) is 12.0 Å². The van der Waals surface area contributed by atoms with E-state index in [0.29, 0.717) is 0 Å². The monoisotopic (exact) mass is 315 g/mol. The maximum atomic E-state index is 3.60. The van der Waals surface area contributed by atoms with Crippen LogP contribution in [0.15, 0.2) is 46.9 Å². The van der Waals surface area contributed by atoms with Crippen LogP contribution in [-0.4, -0.2) is 6.04 Å². The predicted molar refractivity (Wildman–Crippen MR) is 84.2 cm³/mol. The van der Waals surface area contributed by atoms with Gasteiger partial charge in [-0.25, -0.2) is 0 Å². The standard InChI is InChI=1S/C17H18BrN/c1-12-2-3-14(11-19-16-8-9-16)17(10-12)13-4-6-15(18)7-5-13/h2-7,10,16,19H,8-9,11H2,1H3. The van der Waals surface area contributed by atoms with Crippen LogP contribution in [-0.2, 0) is 6.54 Å². The van der Waals surface area contributed by atoms with Crippen molar-refractivity contribution in [1.29, 1.82) is 0 Å². The maximum absolute atomic E-state index is 3.60. The van der Waals surface area contributed by atoms with Crippen LogP contribution in [0.25, 0.3) is 11.1 Å². The van der Waals surface area contributed by atoms with E-state index in [9.17, 15) is 0 Å². The molecule has 0 aliphatic heterocycles. The Morgan fingerprint density at radius 2 is 1.84 bits per heavy atom. The normalized spacial score (nSPS) is 14.6. The molecule has 1 aliphatic rings. The maximum Gasteiger partial charge on any atom is 0.0214 e. The summed E-state index contributed by atoms with van der Waals surface area (Å²) in [7, 11) is 0. The van der Waals surface area contributed by atoms with Crippen LogP contribution in [0.2, 0.25) is 0 Å². The lowest BCUT2D eigenvalue weighted by atomic mass is 9.97. The molecular weight excluding hydrogens is 298 g/mol. The van der Waals surface area contributed by atoms with Gasteiger partial charge in [0.2, 0.25) is 0 Å². The molecule has 1 aliphatic carbocycles. The van der Waals surface area contributed by atoms with Crippen molar-refractivity contribution in [2.75, 3.05) is 0 Å². The summed E-state index contributed by atoms with van der Waals surface area (Å²) >= 11 is 3.50. The Morgan fingerprint density at radius 1 is 1.11 bits per heavy atom. The first-order chi connectivity index (χ1) is 9.22. The van der Waals surface area contributed by atoms with Gasteiger partial charge >= 0.3 is 0 Å². The largest absolute Gasteiger partial charge is 0.310 e. The summed E-state index contributed by atoms with van der Waals surface area (Å²) in [5.41, 5.74) is 5.34. The van der Waals surface area contributed by atoms with Crippen molar-refractivity contribution in [3.8, 4) is 11.1 Å². The predicted octanol–water partition coefficient (Wildman–Crippen LogP) is 4.68. The molecule has 1 N–H and O–H groups in total. The van der Waals surface area contributed by atoms with E-state index < -0.39 is 0 Å². The smallest absolute Gasteiger partial charge is 0.0214 e. The molecule has 1 saturated carbocycles. The van der Waals surface area contributed by atoms with Crippen LogP contribution in [0.4, 0.5) is 0 Å². The van der Waals surface area contributed by atoms with E-state index in [1.54, 1.807) is 0 Å². The molecule has 0 bridgehead atoms. The van der Waals surface area contributed by atoms with Gasteiger partial charge in [0.25, 0.3) is 0 Å². The average Bonchev–Trinajstić information content (AvgIpc) is 3.22. The molecule has 1 fully saturated rings. The van der Waals surface area contributed by atoms with Crippen LogP contribution in [0.3, 0.4) is 0 Å². The van der Waals surface area contributed by atoms with E-state index in [1.807, 2.05) is 0 Å². The van der Waals surface area contributed by atoms with Gasteiger partial charge in [0.05, 0.1) is 0 Å². The summed E-state index contributed by atoms with van der Waals surface area (Å²) in [5, 5.41) is 3.60. The van der Waals surface area contributed by atoms with E-state index in [0.717, 1.165) is 17.1 Å². The molecule has 0 heterocycles. The summed E-state index contributed by atoms with van der Waals surface area (Å²) in [6.07, 6.45) is 2.67. The number of rotatable bonds is 4. The molecule has 2 aromatic rings. The molecular formula is C17H18BrN. The van der Waals surface area contributed by atoms with Gasteiger partial charge in [0.15, 0.2) is 0 Å². The molecule has 2 heteroatoms. The quantitative estimate of drug-likeness (QED) is 0.864. The molecule has 0 unspecified atom stereocenters. The van der Waals surface area contributed by atoms with E-state index in [-0.39, 0.29) is 0 Å². The Hall–Kier alpha value is -1.12. The SMILES string of the molecule is Cc1ccc(CNC2CC2)c(-c2ccc(Br)cc2)c1. The zero-order valence-corrected chi connectivity index (χ0v) is 12.7. The lowest BCUT2D eigenvalue weighted by Gasteiger charge is -2.12. The first-order valence-corrected chi connectivity index (χ1v) is 7.60. The van der Waals surface area contributed by atoms with E-state index in [1.165, 1.54) is 35.1 Å². The van der Waals surface area contributed by atoms with E-state index >= 15 is 0 Å². The van der Waals surface area contributed by atoms with Crippen molar-refractivity contribution in [3.63, 3.8) is 0 Å². The average molecular weight is 316 g/mol. The van der Waals surface area contributed by atoms with Gasteiger partial charge in [-0.1, -0.05) is 51.8 Å². The van der Waals surface area contributed by atoms with Gasteiger partial charge in [-0.3, -0.25) is 0 Å². The number of halogens is 1. The zero-order valence-electron chi connectivity index (χ0n) is 11.1. The minimum absolute atomic E-state index is 0.749. The van der Waals surface area contributed by atoms with Crippen molar-refractivity contribution in [2.45, 2.75) is 32.4 Å². The summed E-state index contributed by atoms with van der Waals surface area (Å²) in [6.45, 7) is 3.12. The fourth-order valence-corrected chi connectivity index (χ4v) is 2.55. The second kappa shape index (κ2) is 5.48. The molecule has 0 spiro atoms. The molecule has 1 nitrogen and oxygen atoms in total. The van der Waals surface area contributed by atoms with Crippen molar-refractivity contribution in [1.82, 2.24) is 5.32 Å². The molecule has 98 valence electrons. The summed E-state index contributed by atoms with van der Waals surface area (Å²) in [6, 6.07) is 16.1. The third-order valence-electron chi connectivity index (χ3n) is 3.58. The minimum Gasteiger partial charge on any atom is -0.310 e. The van der Waals surface area contributed by atoms with Gasteiger partial charge in [0, 0.05) is 17.1 Å². The highest BCUT2D eigenvalue weighted by Gasteiger charge is 2.20. The van der Waals surface area contributed by atoms with Gasteiger partial charge in [-0.15, -0.1) is 0 Å². The molecule has 3 rings (SSSR count). The van der Waals surface area contributed by atoms with Gasteiger partial charge in [0.1, 0.15) is 0 Å². The highest BCUT2D eigenvalue weighted by Crippen LogP contribution is 2.27. The molecule has 0 saturated heterocycles. The Balaban J connectivity index is 1.92. The third-order valence-corrected chi connectivity index (χ3v) is 4.11. The van der Waals surface area contributed by atoms with Crippen molar-refractivity contribution in [2.24, 2.45) is 0 Å². The Morgan fingerprint density at radius 3 is 2.53 bits per heavy atom. The summed E-state index contributed by atoms with van der Waals surface area (Å²) in [4.78, 5) is 0. The summed E-state index contributed by atoms with van der Waals surface area (Å²) in [5.74, 6) is 0. The molecule has 0 amide bonds. The summed E-state index contributed by atoms with van der Waals surface area (Å²) < 4.78 is 1.13. The number of hydrogen-bond acceptors (Lipinski definition) is 1. The Kier molecular flexibility index (Phi) is 3.72. The highest BCUT2D eigenvalue weighted by molar-refractivity contribution is 9.10. The van der Waals surface area contributed by atoms with Gasteiger partial charge < -0.3 is 5.32 Å². The number of benzene rings is 2. The van der Waals surface area contributed by atoms with Crippen LogP contribution in [0, 0.1) is 6.92 Å². The van der Waals surface area contributed by atoms with E-state index in [4.69, 9.17) is 0 Å². The lowest BCUT2D eigenvalue weighted by Crippen LogP contribution is -2.15. The second-order valence-electron chi connectivity index (χ2n) is 5.32. The highest BCUT2D eigenvalue weighted by atomic mass is 79.9. The number of hydrogen-bond donors (Lipinski definition) is 1. The van der Waals surface area contributed by atoms with Crippen molar-refractivity contribution >= 4 is 15.9 Å². The fraction of sp³-hybridized carbons (Fsp3) is 0.294. The number of nitrogens with one attached hydrogen (secondary N) is 1. The molecule has 0 atom stereocenters. The first kappa shape index (κ1) is 12.9. The molecule has 2 aromatic carbocycles. The fourth-order valence-electron chi connectivity index (χ4n) is 2.28. The Labute approximate surface area is 123 Å². The molecule has 19 heavy (non-hydrogen) atoms. The Bertz CT molecular complexity index is 570. The van der Waals surface area contributed by atoms with Crippen LogP contribution in [0.1, 0.15) is 24.0 Å². The minimum atomic E-state index is 0.749. The zero-order chi connectivity index (χ0) is 13.2. The van der Waals surface area contributed by atoms with Crippen LogP contribution >= 0.6 is 15.9 Å². The molecule has 0 radical (unpaired) electrons. The van der Waals surface area contributed by atoms with Crippen molar-refractivity contribution in [3.05, 3.63) is 58.1 Å². The van der Waals surface area contributed by atoms with Crippen molar-refractivity contribution < 1.29 is 0 Å². The third kappa shape index (κ3) is 3.26. The van der Waals surface area contributed by atoms with Crippen LogP contribution < -0.4 is 5.32 Å².